The Labute approximate surface area is 123 Å². The average Bonchev–Trinajstić information content (AvgIpc) is 3.11. The predicted octanol–water partition coefficient (Wildman–Crippen LogP) is 1.71. The molecule has 108 valence electrons. The van der Waals surface area contributed by atoms with Crippen molar-refractivity contribution in [3.63, 3.8) is 0 Å². The van der Waals surface area contributed by atoms with E-state index in [9.17, 15) is 0 Å². The van der Waals surface area contributed by atoms with Crippen LogP contribution in [0.4, 0.5) is 0 Å². The van der Waals surface area contributed by atoms with Crippen LogP contribution in [0.5, 0.6) is 5.88 Å². The SMILES string of the molecule is COc1ccc(-c2noc(CC3CCNC3)n2)cn1.Cl. The number of methoxy groups -OCH3 is 1. The van der Waals surface area contributed by atoms with Gasteiger partial charge in [0.1, 0.15) is 0 Å². The molecule has 0 radical (unpaired) electrons. The molecule has 6 nitrogen and oxygen atoms in total. The van der Waals surface area contributed by atoms with E-state index in [0.29, 0.717) is 23.5 Å². The van der Waals surface area contributed by atoms with Crippen molar-refractivity contribution in [1.29, 1.82) is 0 Å². The lowest BCUT2D eigenvalue weighted by Gasteiger charge is -2.01. The van der Waals surface area contributed by atoms with Gasteiger partial charge in [-0.1, -0.05) is 5.16 Å². The standard InChI is InChI=1S/C13H16N4O2.ClH/c1-18-11-3-2-10(8-15-11)13-16-12(19-17-13)6-9-4-5-14-7-9;/h2-3,8-9,14H,4-7H2,1H3;1H. The number of pyridine rings is 1. The van der Waals surface area contributed by atoms with Crippen molar-refractivity contribution >= 4 is 12.4 Å². The van der Waals surface area contributed by atoms with E-state index in [1.807, 2.05) is 6.07 Å². The molecule has 1 N–H and O–H groups in total. The van der Waals surface area contributed by atoms with E-state index in [-0.39, 0.29) is 12.4 Å². The summed E-state index contributed by atoms with van der Waals surface area (Å²) in [6, 6.07) is 3.66. The van der Waals surface area contributed by atoms with Gasteiger partial charge in [-0.05, 0) is 31.5 Å². The maximum absolute atomic E-state index is 5.29. The maximum atomic E-state index is 5.29. The minimum absolute atomic E-state index is 0. The Morgan fingerprint density at radius 3 is 3.00 bits per heavy atom. The van der Waals surface area contributed by atoms with Crippen LogP contribution in [0.15, 0.2) is 22.9 Å². The number of nitrogens with zero attached hydrogens (tertiary/aromatic N) is 3. The first kappa shape index (κ1) is 14.7. The lowest BCUT2D eigenvalue weighted by Crippen LogP contribution is -2.10. The van der Waals surface area contributed by atoms with Crippen LogP contribution in [-0.4, -0.2) is 35.3 Å². The molecule has 0 spiro atoms. The van der Waals surface area contributed by atoms with Crippen molar-refractivity contribution in [3.05, 3.63) is 24.2 Å². The van der Waals surface area contributed by atoms with Crippen LogP contribution in [0.1, 0.15) is 12.3 Å². The van der Waals surface area contributed by atoms with E-state index in [1.54, 1.807) is 19.4 Å². The molecular weight excluding hydrogens is 280 g/mol. The van der Waals surface area contributed by atoms with Gasteiger partial charge in [0, 0.05) is 24.2 Å². The van der Waals surface area contributed by atoms with E-state index in [0.717, 1.165) is 25.1 Å². The third-order valence-electron chi connectivity index (χ3n) is 3.30. The Bertz CT molecular complexity index is 538. The summed E-state index contributed by atoms with van der Waals surface area (Å²) in [5.41, 5.74) is 0.834. The van der Waals surface area contributed by atoms with Gasteiger partial charge in [0.25, 0.3) is 0 Å². The summed E-state index contributed by atoms with van der Waals surface area (Å²) in [7, 11) is 1.59. The molecule has 1 atom stereocenters. The molecule has 0 saturated carbocycles. The van der Waals surface area contributed by atoms with Crippen molar-refractivity contribution in [3.8, 4) is 17.3 Å². The number of aromatic nitrogens is 3. The van der Waals surface area contributed by atoms with Crippen LogP contribution in [0.2, 0.25) is 0 Å². The molecule has 0 aromatic carbocycles. The van der Waals surface area contributed by atoms with Gasteiger partial charge in [-0.3, -0.25) is 0 Å². The molecule has 3 heterocycles. The zero-order valence-corrected chi connectivity index (χ0v) is 12.0. The number of rotatable bonds is 4. The topological polar surface area (TPSA) is 73.1 Å². The minimum atomic E-state index is 0. The molecule has 1 fully saturated rings. The van der Waals surface area contributed by atoms with Crippen LogP contribution in [0, 0.1) is 5.92 Å². The Balaban J connectivity index is 0.00000147. The van der Waals surface area contributed by atoms with Gasteiger partial charge in [-0.15, -0.1) is 12.4 Å². The first-order valence-corrected chi connectivity index (χ1v) is 6.39. The highest BCUT2D eigenvalue weighted by atomic mass is 35.5. The molecule has 7 heteroatoms. The first-order valence-electron chi connectivity index (χ1n) is 6.39. The number of halogens is 1. The fourth-order valence-electron chi connectivity index (χ4n) is 2.22. The summed E-state index contributed by atoms with van der Waals surface area (Å²) in [4.78, 5) is 8.55. The molecule has 0 aliphatic carbocycles. The normalized spacial score (nSPS) is 17.8. The molecule has 2 aromatic heterocycles. The van der Waals surface area contributed by atoms with Crippen LogP contribution in [0.25, 0.3) is 11.4 Å². The molecule has 0 bridgehead atoms. The van der Waals surface area contributed by atoms with E-state index in [4.69, 9.17) is 9.26 Å². The fourth-order valence-corrected chi connectivity index (χ4v) is 2.22. The summed E-state index contributed by atoms with van der Waals surface area (Å²) >= 11 is 0. The zero-order valence-electron chi connectivity index (χ0n) is 11.2. The largest absolute Gasteiger partial charge is 0.481 e. The summed E-state index contributed by atoms with van der Waals surface area (Å²) in [6.45, 7) is 2.11. The molecule has 1 saturated heterocycles. The fraction of sp³-hybridized carbons (Fsp3) is 0.462. The lowest BCUT2D eigenvalue weighted by molar-refractivity contribution is 0.358. The van der Waals surface area contributed by atoms with Crippen LogP contribution < -0.4 is 10.1 Å². The van der Waals surface area contributed by atoms with Crippen molar-refractivity contribution < 1.29 is 9.26 Å². The summed E-state index contributed by atoms with van der Waals surface area (Å²) in [5, 5.41) is 7.33. The smallest absolute Gasteiger partial charge is 0.227 e. The average molecular weight is 297 g/mol. The van der Waals surface area contributed by atoms with Crippen molar-refractivity contribution in [2.24, 2.45) is 5.92 Å². The van der Waals surface area contributed by atoms with Gasteiger partial charge < -0.3 is 14.6 Å². The van der Waals surface area contributed by atoms with E-state index >= 15 is 0 Å². The number of ether oxygens (including phenoxy) is 1. The van der Waals surface area contributed by atoms with E-state index in [2.05, 4.69) is 20.4 Å². The second kappa shape index (κ2) is 6.67. The lowest BCUT2D eigenvalue weighted by atomic mass is 10.1. The second-order valence-electron chi connectivity index (χ2n) is 4.66. The summed E-state index contributed by atoms with van der Waals surface area (Å²) < 4.78 is 10.3. The molecule has 1 unspecified atom stereocenters. The molecule has 1 aliphatic rings. The van der Waals surface area contributed by atoms with Gasteiger partial charge in [0.2, 0.25) is 17.6 Å². The molecule has 1 aliphatic heterocycles. The third kappa shape index (κ3) is 3.26. The molecular formula is C13H17ClN4O2. The van der Waals surface area contributed by atoms with Crippen molar-refractivity contribution in [1.82, 2.24) is 20.4 Å². The summed E-state index contributed by atoms with van der Waals surface area (Å²) in [5.74, 6) is 2.45. The van der Waals surface area contributed by atoms with Crippen LogP contribution >= 0.6 is 12.4 Å². The Morgan fingerprint density at radius 1 is 1.45 bits per heavy atom. The second-order valence-corrected chi connectivity index (χ2v) is 4.66. The highest BCUT2D eigenvalue weighted by molar-refractivity contribution is 5.85. The molecule has 20 heavy (non-hydrogen) atoms. The van der Waals surface area contributed by atoms with Crippen LogP contribution in [-0.2, 0) is 6.42 Å². The quantitative estimate of drug-likeness (QED) is 0.926. The molecule has 0 amide bonds. The van der Waals surface area contributed by atoms with E-state index in [1.165, 1.54) is 6.42 Å². The number of hydrogen-bond donors (Lipinski definition) is 1. The molecule has 3 rings (SSSR count). The molecule has 2 aromatic rings. The van der Waals surface area contributed by atoms with Crippen molar-refractivity contribution in [2.75, 3.05) is 20.2 Å². The Morgan fingerprint density at radius 2 is 2.35 bits per heavy atom. The monoisotopic (exact) mass is 296 g/mol. The van der Waals surface area contributed by atoms with E-state index < -0.39 is 0 Å². The minimum Gasteiger partial charge on any atom is -0.481 e. The first-order chi connectivity index (χ1) is 9.35. The van der Waals surface area contributed by atoms with Gasteiger partial charge in [-0.25, -0.2) is 4.98 Å². The van der Waals surface area contributed by atoms with Gasteiger partial charge >= 0.3 is 0 Å². The number of hydrogen-bond acceptors (Lipinski definition) is 6. The Hall–Kier alpha value is -1.66. The van der Waals surface area contributed by atoms with Gasteiger partial charge in [0.15, 0.2) is 0 Å². The highest BCUT2D eigenvalue weighted by Gasteiger charge is 2.18. The maximum Gasteiger partial charge on any atom is 0.227 e. The highest BCUT2D eigenvalue weighted by Crippen LogP contribution is 2.19. The summed E-state index contributed by atoms with van der Waals surface area (Å²) in [6.07, 6.45) is 3.69. The van der Waals surface area contributed by atoms with Gasteiger partial charge in [-0.2, -0.15) is 4.98 Å². The predicted molar refractivity (Wildman–Crippen MR) is 76.0 cm³/mol. The van der Waals surface area contributed by atoms with Crippen molar-refractivity contribution in [2.45, 2.75) is 12.8 Å². The number of nitrogens with one attached hydrogen (secondary N) is 1. The third-order valence-corrected chi connectivity index (χ3v) is 3.30. The van der Waals surface area contributed by atoms with Crippen LogP contribution in [0.3, 0.4) is 0 Å². The van der Waals surface area contributed by atoms with Gasteiger partial charge in [0.05, 0.1) is 7.11 Å². The Kier molecular flexibility index (Phi) is 4.92. The zero-order chi connectivity index (χ0) is 13.1.